The second-order valence-electron chi connectivity index (χ2n) is 7.08. The van der Waals surface area contributed by atoms with E-state index in [1.807, 2.05) is 0 Å². The molecular weight excluding hydrogens is 473 g/mol. The number of rotatable bonds is 7. The maximum absolute atomic E-state index is 13.1. The number of halogens is 2. The third-order valence-electron chi connectivity index (χ3n) is 5.06. The van der Waals surface area contributed by atoms with Crippen LogP contribution in [-0.2, 0) is 10.0 Å². The van der Waals surface area contributed by atoms with Crippen LogP contribution in [0.3, 0.4) is 0 Å². The molecule has 2 aromatic carbocycles. The predicted octanol–water partition coefficient (Wildman–Crippen LogP) is 5.55. The monoisotopic (exact) mass is 495 g/mol. The summed E-state index contributed by atoms with van der Waals surface area (Å²) in [6.07, 6.45) is 0. The lowest BCUT2D eigenvalue weighted by molar-refractivity contribution is 0.102. The van der Waals surface area contributed by atoms with Gasteiger partial charge in [-0.05, 0) is 43.7 Å². The number of carbonyl (C=O) groups is 1. The van der Waals surface area contributed by atoms with Crippen LogP contribution < -0.4 is 5.32 Å². The van der Waals surface area contributed by atoms with Gasteiger partial charge in [-0.25, -0.2) is 8.42 Å². The smallest absolute Gasteiger partial charge is 0.261 e. The fourth-order valence-electron chi connectivity index (χ4n) is 3.39. The first-order valence-electron chi connectivity index (χ1n) is 9.94. The highest BCUT2D eigenvalue weighted by molar-refractivity contribution is 7.89. The fraction of sp³-hybridized carbons (Fsp3) is 0.273. The topological polar surface area (TPSA) is 92.5 Å². The summed E-state index contributed by atoms with van der Waals surface area (Å²) in [6.45, 7) is 7.55. The van der Waals surface area contributed by atoms with Gasteiger partial charge in [0.1, 0.15) is 17.0 Å². The van der Waals surface area contributed by atoms with E-state index in [4.69, 9.17) is 27.7 Å². The molecule has 0 unspecified atom stereocenters. The standard InChI is InChI=1S/C22H23Cl2N3O4S/c1-5-27(6-2)32(29,30)18-12-15(11-10-13(18)3)25-22(28)19-14(4)31-26-21(19)20-16(23)8-7-9-17(20)24/h7-12H,5-6H2,1-4H3,(H,25,28). The quantitative estimate of drug-likeness (QED) is 0.463. The lowest BCUT2D eigenvalue weighted by Gasteiger charge is -2.20. The van der Waals surface area contributed by atoms with Crippen LogP contribution in [-0.4, -0.2) is 36.9 Å². The van der Waals surface area contributed by atoms with E-state index < -0.39 is 15.9 Å². The molecule has 3 rings (SSSR count). The van der Waals surface area contributed by atoms with Gasteiger partial charge in [0.15, 0.2) is 0 Å². The molecule has 1 aromatic heterocycles. The van der Waals surface area contributed by atoms with Gasteiger partial charge in [-0.15, -0.1) is 0 Å². The van der Waals surface area contributed by atoms with E-state index in [0.717, 1.165) is 0 Å². The van der Waals surface area contributed by atoms with Crippen LogP contribution in [0.1, 0.15) is 35.5 Å². The average molecular weight is 496 g/mol. The lowest BCUT2D eigenvalue weighted by atomic mass is 10.1. The van der Waals surface area contributed by atoms with Crippen molar-refractivity contribution >= 4 is 44.8 Å². The summed E-state index contributed by atoms with van der Waals surface area (Å²) in [6, 6.07) is 9.70. The molecule has 0 bridgehead atoms. The molecule has 0 aliphatic heterocycles. The normalized spacial score (nSPS) is 11.7. The number of hydrogen-bond donors (Lipinski definition) is 1. The zero-order valence-electron chi connectivity index (χ0n) is 18.1. The third kappa shape index (κ3) is 4.54. The number of aromatic nitrogens is 1. The third-order valence-corrected chi connectivity index (χ3v) is 7.88. The van der Waals surface area contributed by atoms with Gasteiger partial charge in [-0.3, -0.25) is 4.79 Å². The zero-order chi connectivity index (χ0) is 23.6. The minimum atomic E-state index is -3.70. The summed E-state index contributed by atoms with van der Waals surface area (Å²) in [5.74, 6) is -0.249. The molecule has 1 N–H and O–H groups in total. The van der Waals surface area contributed by atoms with Crippen LogP contribution in [0.15, 0.2) is 45.8 Å². The maximum atomic E-state index is 13.1. The molecule has 0 aliphatic carbocycles. The summed E-state index contributed by atoms with van der Waals surface area (Å²) >= 11 is 12.6. The van der Waals surface area contributed by atoms with Crippen LogP contribution >= 0.6 is 23.2 Å². The van der Waals surface area contributed by atoms with Gasteiger partial charge in [0.05, 0.1) is 14.9 Å². The first-order chi connectivity index (χ1) is 15.1. The molecule has 0 saturated heterocycles. The molecule has 0 fully saturated rings. The van der Waals surface area contributed by atoms with Crippen molar-refractivity contribution in [3.63, 3.8) is 0 Å². The molecule has 10 heteroatoms. The number of hydrogen-bond acceptors (Lipinski definition) is 5. The summed E-state index contributed by atoms with van der Waals surface area (Å²) in [4.78, 5) is 13.3. The molecule has 1 heterocycles. The minimum absolute atomic E-state index is 0.135. The molecule has 0 spiro atoms. The van der Waals surface area contributed by atoms with E-state index in [-0.39, 0.29) is 21.9 Å². The van der Waals surface area contributed by atoms with Crippen molar-refractivity contribution in [2.75, 3.05) is 18.4 Å². The second kappa shape index (κ2) is 9.62. The highest BCUT2D eigenvalue weighted by atomic mass is 35.5. The van der Waals surface area contributed by atoms with Gasteiger partial charge in [-0.2, -0.15) is 4.31 Å². The van der Waals surface area contributed by atoms with Crippen molar-refractivity contribution in [1.29, 1.82) is 0 Å². The number of carbonyl (C=O) groups excluding carboxylic acids is 1. The van der Waals surface area contributed by atoms with E-state index in [2.05, 4.69) is 10.5 Å². The van der Waals surface area contributed by atoms with Crippen molar-refractivity contribution in [1.82, 2.24) is 9.46 Å². The van der Waals surface area contributed by atoms with Crippen molar-refractivity contribution in [2.45, 2.75) is 32.6 Å². The SMILES string of the molecule is CCN(CC)S(=O)(=O)c1cc(NC(=O)c2c(-c3c(Cl)cccc3Cl)noc2C)ccc1C. The Morgan fingerprint density at radius 3 is 2.31 bits per heavy atom. The molecule has 32 heavy (non-hydrogen) atoms. The van der Waals surface area contributed by atoms with Crippen molar-refractivity contribution in [3.8, 4) is 11.3 Å². The van der Waals surface area contributed by atoms with Gasteiger partial charge < -0.3 is 9.84 Å². The molecule has 0 atom stereocenters. The van der Waals surface area contributed by atoms with Crippen molar-refractivity contribution in [3.05, 3.63) is 63.3 Å². The number of benzene rings is 2. The maximum Gasteiger partial charge on any atom is 0.261 e. The predicted molar refractivity (Wildman–Crippen MR) is 126 cm³/mol. The molecule has 170 valence electrons. The number of anilines is 1. The van der Waals surface area contributed by atoms with Gasteiger partial charge >= 0.3 is 0 Å². The van der Waals surface area contributed by atoms with E-state index in [1.54, 1.807) is 58.0 Å². The van der Waals surface area contributed by atoms with Gasteiger partial charge in [0.25, 0.3) is 5.91 Å². The number of aryl methyl sites for hydroxylation is 2. The zero-order valence-corrected chi connectivity index (χ0v) is 20.4. The Hall–Kier alpha value is -2.39. The van der Waals surface area contributed by atoms with Crippen molar-refractivity contribution in [2.24, 2.45) is 0 Å². The Bertz CT molecular complexity index is 1250. The van der Waals surface area contributed by atoms with E-state index in [9.17, 15) is 13.2 Å². The molecule has 7 nitrogen and oxygen atoms in total. The van der Waals surface area contributed by atoms with E-state index in [0.29, 0.717) is 39.9 Å². The second-order valence-corrected chi connectivity index (χ2v) is 9.80. The molecule has 0 aliphatic rings. The van der Waals surface area contributed by atoms with Crippen LogP contribution in [0.5, 0.6) is 0 Å². The lowest BCUT2D eigenvalue weighted by Crippen LogP contribution is -2.31. The summed E-state index contributed by atoms with van der Waals surface area (Å²) in [5, 5.41) is 7.36. The number of nitrogens with one attached hydrogen (secondary N) is 1. The highest BCUT2D eigenvalue weighted by Gasteiger charge is 2.27. The Balaban J connectivity index is 2.01. The number of sulfonamides is 1. The van der Waals surface area contributed by atoms with Crippen LogP contribution in [0.25, 0.3) is 11.3 Å². The first kappa shape index (κ1) is 24.3. The van der Waals surface area contributed by atoms with E-state index >= 15 is 0 Å². The Morgan fingerprint density at radius 2 is 1.72 bits per heavy atom. The number of amides is 1. The Morgan fingerprint density at radius 1 is 1.09 bits per heavy atom. The van der Waals surface area contributed by atoms with E-state index in [1.165, 1.54) is 10.4 Å². The molecular formula is C22H23Cl2N3O4S. The number of nitrogens with zero attached hydrogens (tertiary/aromatic N) is 2. The first-order valence-corrected chi connectivity index (χ1v) is 12.1. The molecule has 0 saturated carbocycles. The van der Waals surface area contributed by atoms with Crippen LogP contribution in [0.2, 0.25) is 10.0 Å². The van der Waals surface area contributed by atoms with Crippen LogP contribution in [0.4, 0.5) is 5.69 Å². The summed E-state index contributed by atoms with van der Waals surface area (Å²) in [5.41, 5.74) is 1.65. The summed E-state index contributed by atoms with van der Waals surface area (Å²) in [7, 11) is -3.70. The average Bonchev–Trinajstić information content (AvgIpc) is 3.11. The minimum Gasteiger partial charge on any atom is -0.360 e. The van der Waals surface area contributed by atoms with Crippen molar-refractivity contribution < 1.29 is 17.7 Å². The fourth-order valence-corrected chi connectivity index (χ4v) is 5.67. The Kier molecular flexibility index (Phi) is 7.29. The molecule has 0 radical (unpaired) electrons. The molecule has 1 amide bonds. The van der Waals surface area contributed by atoms with Gasteiger partial charge in [0, 0.05) is 24.3 Å². The van der Waals surface area contributed by atoms with Gasteiger partial charge in [-0.1, -0.05) is 54.3 Å². The summed E-state index contributed by atoms with van der Waals surface area (Å²) < 4.78 is 32.6. The largest absolute Gasteiger partial charge is 0.360 e. The highest BCUT2D eigenvalue weighted by Crippen LogP contribution is 2.37. The van der Waals surface area contributed by atoms with Gasteiger partial charge in [0.2, 0.25) is 10.0 Å². The molecule has 3 aromatic rings. The Labute approximate surface area is 197 Å². The van der Waals surface area contributed by atoms with Crippen LogP contribution in [0, 0.1) is 13.8 Å².